The van der Waals surface area contributed by atoms with E-state index >= 15 is 0 Å². The maximum atomic E-state index is 6.62. The third kappa shape index (κ3) is 2.57. The van der Waals surface area contributed by atoms with Crippen LogP contribution in [0.2, 0.25) is 0 Å². The minimum absolute atomic E-state index is 0.150. The summed E-state index contributed by atoms with van der Waals surface area (Å²) >= 11 is 0. The summed E-state index contributed by atoms with van der Waals surface area (Å²) in [6.45, 7) is 2.31. The Hall–Kier alpha value is -1.41. The van der Waals surface area contributed by atoms with Gasteiger partial charge in [0.25, 0.3) is 0 Å². The van der Waals surface area contributed by atoms with Gasteiger partial charge in [0.2, 0.25) is 0 Å². The fraction of sp³-hybridized carbons (Fsp3) is 0.500. The minimum atomic E-state index is 0.150. The number of nitrogens with zero attached hydrogens (tertiary/aromatic N) is 1. The third-order valence-corrected chi connectivity index (χ3v) is 4.95. The predicted molar refractivity (Wildman–Crippen MR) is 84.4 cm³/mol. The number of rotatable bonds is 3. The van der Waals surface area contributed by atoms with Crippen molar-refractivity contribution in [3.8, 4) is 0 Å². The number of para-hydroxylation sites is 1. The molecule has 3 atom stereocenters. The van der Waals surface area contributed by atoms with Crippen LogP contribution in [0.3, 0.4) is 0 Å². The van der Waals surface area contributed by atoms with Crippen LogP contribution >= 0.6 is 0 Å². The lowest BCUT2D eigenvalue weighted by Gasteiger charge is -2.33. The normalized spacial score (nSPS) is 24.7. The molecule has 0 aliphatic heterocycles. The zero-order valence-corrected chi connectivity index (χ0v) is 12.3. The molecule has 1 heterocycles. The van der Waals surface area contributed by atoms with Gasteiger partial charge in [0.15, 0.2) is 0 Å². The van der Waals surface area contributed by atoms with Crippen molar-refractivity contribution >= 4 is 10.9 Å². The second kappa shape index (κ2) is 5.92. The summed E-state index contributed by atoms with van der Waals surface area (Å²) in [5, 5.41) is 1.22. The van der Waals surface area contributed by atoms with Gasteiger partial charge >= 0.3 is 0 Å². The van der Waals surface area contributed by atoms with Crippen LogP contribution < -0.4 is 5.73 Å². The van der Waals surface area contributed by atoms with E-state index < -0.39 is 0 Å². The molecule has 0 amide bonds. The number of pyridine rings is 1. The average Bonchev–Trinajstić information content (AvgIpc) is 2.53. The predicted octanol–water partition coefficient (Wildman–Crippen LogP) is 4.45. The van der Waals surface area contributed by atoms with Crippen molar-refractivity contribution in [2.45, 2.75) is 45.1 Å². The smallest absolute Gasteiger partial charge is 0.0705 e. The molecular formula is C18H24N2. The first-order chi connectivity index (χ1) is 9.79. The fourth-order valence-corrected chi connectivity index (χ4v) is 3.69. The quantitative estimate of drug-likeness (QED) is 0.893. The Morgan fingerprint density at radius 1 is 1.25 bits per heavy atom. The Labute approximate surface area is 121 Å². The lowest BCUT2D eigenvalue weighted by Crippen LogP contribution is -2.27. The van der Waals surface area contributed by atoms with Gasteiger partial charge in [0, 0.05) is 17.6 Å². The third-order valence-electron chi connectivity index (χ3n) is 4.95. The second-order valence-electron chi connectivity index (χ2n) is 6.14. The van der Waals surface area contributed by atoms with Crippen molar-refractivity contribution in [1.29, 1.82) is 0 Å². The molecule has 1 fully saturated rings. The SMILES string of the molecule is CCC1CCCC(C(N)c2ccnc3ccccc23)C1. The van der Waals surface area contributed by atoms with Gasteiger partial charge in [-0.25, -0.2) is 0 Å². The Bertz CT molecular complexity index is 573. The summed E-state index contributed by atoms with van der Waals surface area (Å²) in [4.78, 5) is 4.44. The monoisotopic (exact) mass is 268 g/mol. The van der Waals surface area contributed by atoms with E-state index in [4.69, 9.17) is 5.73 Å². The van der Waals surface area contributed by atoms with Crippen LogP contribution in [0, 0.1) is 11.8 Å². The zero-order valence-electron chi connectivity index (χ0n) is 12.3. The van der Waals surface area contributed by atoms with Gasteiger partial charge in [-0.05, 0) is 42.4 Å². The second-order valence-corrected chi connectivity index (χ2v) is 6.14. The van der Waals surface area contributed by atoms with Crippen molar-refractivity contribution in [3.05, 3.63) is 42.1 Å². The summed E-state index contributed by atoms with van der Waals surface area (Å²) in [6.07, 6.45) is 8.47. The van der Waals surface area contributed by atoms with Gasteiger partial charge in [-0.1, -0.05) is 44.4 Å². The summed E-state index contributed by atoms with van der Waals surface area (Å²) in [7, 11) is 0. The highest BCUT2D eigenvalue weighted by atomic mass is 14.7. The van der Waals surface area contributed by atoms with Crippen LogP contribution in [-0.4, -0.2) is 4.98 Å². The number of nitrogens with two attached hydrogens (primary N) is 1. The minimum Gasteiger partial charge on any atom is -0.324 e. The molecule has 3 rings (SSSR count). The molecule has 1 aromatic heterocycles. The molecule has 1 aromatic carbocycles. The summed E-state index contributed by atoms with van der Waals surface area (Å²) in [5.74, 6) is 1.49. The van der Waals surface area contributed by atoms with Crippen LogP contribution in [0.4, 0.5) is 0 Å². The molecule has 1 aliphatic rings. The van der Waals surface area contributed by atoms with E-state index in [9.17, 15) is 0 Å². The van der Waals surface area contributed by atoms with Crippen LogP contribution in [-0.2, 0) is 0 Å². The van der Waals surface area contributed by atoms with Crippen LogP contribution in [0.1, 0.15) is 50.6 Å². The lowest BCUT2D eigenvalue weighted by molar-refractivity contribution is 0.231. The van der Waals surface area contributed by atoms with Gasteiger partial charge in [-0.2, -0.15) is 0 Å². The summed E-state index contributed by atoms with van der Waals surface area (Å²) in [6, 6.07) is 10.6. The maximum absolute atomic E-state index is 6.62. The molecule has 0 bridgehead atoms. The van der Waals surface area contributed by atoms with Gasteiger partial charge in [0.05, 0.1) is 5.52 Å². The standard InChI is InChI=1S/C18H24N2/c1-2-13-6-5-7-14(12-13)18(19)16-10-11-20-17-9-4-3-8-15(16)17/h3-4,8-11,13-14,18H,2,5-7,12,19H2,1H3. The number of fused-ring (bicyclic) bond motifs is 1. The van der Waals surface area contributed by atoms with Crippen LogP contribution in [0.5, 0.6) is 0 Å². The van der Waals surface area contributed by atoms with E-state index in [1.54, 1.807) is 0 Å². The van der Waals surface area contributed by atoms with Crippen molar-refractivity contribution in [3.63, 3.8) is 0 Å². The van der Waals surface area contributed by atoms with E-state index in [0.717, 1.165) is 11.4 Å². The maximum Gasteiger partial charge on any atom is 0.0705 e. The summed E-state index contributed by atoms with van der Waals surface area (Å²) < 4.78 is 0. The Morgan fingerprint density at radius 3 is 2.95 bits per heavy atom. The van der Waals surface area contributed by atoms with Crippen LogP contribution in [0.15, 0.2) is 36.5 Å². The van der Waals surface area contributed by atoms with Gasteiger partial charge in [-0.15, -0.1) is 0 Å². The van der Waals surface area contributed by atoms with E-state index in [1.165, 1.54) is 43.1 Å². The Morgan fingerprint density at radius 2 is 2.10 bits per heavy atom. The summed E-state index contributed by atoms with van der Waals surface area (Å²) in [5.41, 5.74) is 8.96. The topological polar surface area (TPSA) is 38.9 Å². The van der Waals surface area contributed by atoms with Crippen LogP contribution in [0.25, 0.3) is 10.9 Å². The molecule has 20 heavy (non-hydrogen) atoms. The molecule has 2 heteroatoms. The van der Waals surface area contributed by atoms with Crippen molar-refractivity contribution in [2.24, 2.45) is 17.6 Å². The molecule has 2 aromatic rings. The lowest BCUT2D eigenvalue weighted by atomic mass is 9.75. The number of hydrogen-bond donors (Lipinski definition) is 1. The molecule has 1 aliphatic carbocycles. The Kier molecular flexibility index (Phi) is 4.02. The van der Waals surface area contributed by atoms with Gasteiger partial charge in [-0.3, -0.25) is 4.98 Å². The molecule has 0 saturated heterocycles. The van der Waals surface area contributed by atoms with E-state index in [0.29, 0.717) is 5.92 Å². The van der Waals surface area contributed by atoms with E-state index in [2.05, 4.69) is 36.2 Å². The molecular weight excluding hydrogens is 244 g/mol. The zero-order chi connectivity index (χ0) is 13.9. The highest BCUT2D eigenvalue weighted by molar-refractivity contribution is 5.82. The fourth-order valence-electron chi connectivity index (χ4n) is 3.69. The van der Waals surface area contributed by atoms with E-state index in [1.807, 2.05) is 12.3 Å². The molecule has 1 saturated carbocycles. The molecule has 2 N–H and O–H groups in total. The molecule has 2 nitrogen and oxygen atoms in total. The molecule has 0 radical (unpaired) electrons. The number of benzene rings is 1. The average molecular weight is 268 g/mol. The highest BCUT2D eigenvalue weighted by Crippen LogP contribution is 2.38. The van der Waals surface area contributed by atoms with Crippen molar-refractivity contribution in [2.75, 3.05) is 0 Å². The number of aromatic nitrogens is 1. The first kappa shape index (κ1) is 13.6. The van der Waals surface area contributed by atoms with Gasteiger partial charge < -0.3 is 5.73 Å². The Balaban J connectivity index is 1.90. The van der Waals surface area contributed by atoms with Crippen molar-refractivity contribution in [1.82, 2.24) is 4.98 Å². The first-order valence-electron chi connectivity index (χ1n) is 7.88. The van der Waals surface area contributed by atoms with E-state index in [-0.39, 0.29) is 6.04 Å². The number of hydrogen-bond acceptors (Lipinski definition) is 2. The highest BCUT2D eigenvalue weighted by Gasteiger charge is 2.27. The van der Waals surface area contributed by atoms with Gasteiger partial charge in [0.1, 0.15) is 0 Å². The first-order valence-corrected chi connectivity index (χ1v) is 7.88. The molecule has 0 spiro atoms. The largest absolute Gasteiger partial charge is 0.324 e. The van der Waals surface area contributed by atoms with Crippen molar-refractivity contribution < 1.29 is 0 Å². The molecule has 3 unspecified atom stereocenters. The molecule has 106 valence electrons.